The van der Waals surface area contributed by atoms with Crippen molar-refractivity contribution in [3.8, 4) is 0 Å². The van der Waals surface area contributed by atoms with Crippen molar-refractivity contribution in [2.45, 2.75) is 4.90 Å². The molecule has 0 unspecified atom stereocenters. The van der Waals surface area contributed by atoms with Crippen LogP contribution in [0.15, 0.2) is 64.7 Å². The number of thioether (sulfide) groups is 1. The molecule has 21 heavy (non-hydrogen) atoms. The molecular formula is C16H14N4S. The van der Waals surface area contributed by atoms with E-state index < -0.39 is 0 Å². The van der Waals surface area contributed by atoms with Crippen LogP contribution in [0.3, 0.4) is 0 Å². The number of hydrogen-bond donors (Lipinski definition) is 1. The van der Waals surface area contributed by atoms with E-state index >= 15 is 0 Å². The van der Waals surface area contributed by atoms with Gasteiger partial charge in [0, 0.05) is 15.7 Å². The van der Waals surface area contributed by atoms with E-state index in [1.54, 1.807) is 24.2 Å². The summed E-state index contributed by atoms with van der Waals surface area (Å²) in [6, 6.07) is 16.2. The number of aromatic nitrogens is 2. The van der Waals surface area contributed by atoms with Gasteiger partial charge >= 0.3 is 0 Å². The summed E-state index contributed by atoms with van der Waals surface area (Å²) in [5, 5.41) is 14.3. The summed E-state index contributed by atoms with van der Waals surface area (Å²) in [6.45, 7) is 0. The van der Waals surface area contributed by atoms with Gasteiger partial charge in [-0.15, -0.1) is 16.9 Å². The Labute approximate surface area is 127 Å². The lowest BCUT2D eigenvalue weighted by molar-refractivity contribution is 1.04. The topological polar surface area (TPSA) is 50.2 Å². The van der Waals surface area contributed by atoms with Gasteiger partial charge in [0.1, 0.15) is 0 Å². The molecule has 0 spiro atoms. The highest BCUT2D eigenvalue weighted by molar-refractivity contribution is 7.98. The molecule has 3 rings (SSSR count). The Bertz CT molecular complexity index is 763. The molecule has 0 fully saturated rings. The Morgan fingerprint density at radius 1 is 1.10 bits per heavy atom. The SMILES string of the molecule is CSc1ccc(C=NNc2nncc3ccccc23)cc1. The van der Waals surface area contributed by atoms with Crippen molar-refractivity contribution in [3.05, 3.63) is 60.3 Å². The number of rotatable bonds is 4. The number of nitrogens with one attached hydrogen (secondary N) is 1. The van der Waals surface area contributed by atoms with Gasteiger partial charge in [0.15, 0.2) is 5.82 Å². The molecule has 1 N–H and O–H groups in total. The van der Waals surface area contributed by atoms with Crippen molar-refractivity contribution in [2.75, 3.05) is 11.7 Å². The van der Waals surface area contributed by atoms with E-state index in [9.17, 15) is 0 Å². The van der Waals surface area contributed by atoms with Crippen LogP contribution in [0.25, 0.3) is 10.8 Å². The van der Waals surface area contributed by atoms with E-state index in [2.05, 4.69) is 39.1 Å². The molecule has 0 amide bonds. The molecule has 0 atom stereocenters. The molecule has 0 bridgehead atoms. The van der Waals surface area contributed by atoms with Crippen LogP contribution in [-0.4, -0.2) is 22.7 Å². The van der Waals surface area contributed by atoms with Gasteiger partial charge in [-0.2, -0.15) is 10.2 Å². The van der Waals surface area contributed by atoms with Crippen LogP contribution in [0.5, 0.6) is 0 Å². The maximum atomic E-state index is 4.23. The quantitative estimate of drug-likeness (QED) is 0.452. The molecule has 0 aliphatic heterocycles. The fourth-order valence-corrected chi connectivity index (χ4v) is 2.38. The maximum absolute atomic E-state index is 4.23. The first-order chi connectivity index (χ1) is 10.4. The minimum atomic E-state index is 0.657. The summed E-state index contributed by atoms with van der Waals surface area (Å²) in [5.74, 6) is 0.657. The Kier molecular flexibility index (Phi) is 4.12. The lowest BCUT2D eigenvalue weighted by Gasteiger charge is -2.03. The summed E-state index contributed by atoms with van der Waals surface area (Å²) in [5.41, 5.74) is 3.99. The summed E-state index contributed by atoms with van der Waals surface area (Å²) < 4.78 is 0. The predicted octanol–water partition coefficient (Wildman–Crippen LogP) is 3.80. The van der Waals surface area contributed by atoms with Gasteiger partial charge in [-0.05, 0) is 24.0 Å². The summed E-state index contributed by atoms with van der Waals surface area (Å²) in [7, 11) is 0. The van der Waals surface area contributed by atoms with Gasteiger partial charge in [-0.1, -0.05) is 36.4 Å². The highest BCUT2D eigenvalue weighted by Crippen LogP contribution is 2.19. The van der Waals surface area contributed by atoms with E-state index in [0.29, 0.717) is 5.82 Å². The largest absolute Gasteiger partial charge is 0.259 e. The molecule has 1 aromatic heterocycles. The molecule has 0 aliphatic rings. The molecule has 0 radical (unpaired) electrons. The standard InChI is InChI=1S/C16H14N4S/c1-21-14-8-6-12(7-9-14)10-17-19-16-15-5-3-2-4-13(15)11-18-20-16/h2-11H,1H3,(H,19,20). The third-order valence-electron chi connectivity index (χ3n) is 3.07. The van der Waals surface area contributed by atoms with Crippen molar-refractivity contribution >= 4 is 34.6 Å². The molecular weight excluding hydrogens is 280 g/mol. The van der Waals surface area contributed by atoms with Crippen molar-refractivity contribution in [1.82, 2.24) is 10.2 Å². The second-order valence-corrected chi connectivity index (χ2v) is 5.30. The average Bonchev–Trinajstić information content (AvgIpc) is 2.56. The Morgan fingerprint density at radius 3 is 2.71 bits per heavy atom. The smallest absolute Gasteiger partial charge is 0.176 e. The predicted molar refractivity (Wildman–Crippen MR) is 89.0 cm³/mol. The van der Waals surface area contributed by atoms with Crippen molar-refractivity contribution in [1.29, 1.82) is 0 Å². The van der Waals surface area contributed by atoms with E-state index in [4.69, 9.17) is 0 Å². The number of fused-ring (bicyclic) bond motifs is 1. The number of anilines is 1. The molecule has 0 saturated heterocycles. The third kappa shape index (κ3) is 3.20. The normalized spacial score (nSPS) is 11.1. The second-order valence-electron chi connectivity index (χ2n) is 4.42. The van der Waals surface area contributed by atoms with Crippen LogP contribution in [0, 0.1) is 0 Å². The van der Waals surface area contributed by atoms with Gasteiger partial charge in [0.2, 0.25) is 0 Å². The van der Waals surface area contributed by atoms with Gasteiger partial charge < -0.3 is 0 Å². The van der Waals surface area contributed by atoms with Gasteiger partial charge in [0.05, 0.1) is 12.4 Å². The monoisotopic (exact) mass is 294 g/mol. The van der Waals surface area contributed by atoms with Gasteiger partial charge in [0.25, 0.3) is 0 Å². The third-order valence-corrected chi connectivity index (χ3v) is 3.81. The Balaban J connectivity index is 1.78. The van der Waals surface area contributed by atoms with Crippen molar-refractivity contribution in [2.24, 2.45) is 5.10 Å². The summed E-state index contributed by atoms with van der Waals surface area (Å²) in [4.78, 5) is 1.24. The molecule has 104 valence electrons. The Morgan fingerprint density at radius 2 is 1.90 bits per heavy atom. The number of hydrogen-bond acceptors (Lipinski definition) is 5. The summed E-state index contributed by atoms with van der Waals surface area (Å²) in [6.07, 6.45) is 5.57. The van der Waals surface area contributed by atoms with Crippen LogP contribution in [0.4, 0.5) is 5.82 Å². The highest BCUT2D eigenvalue weighted by Gasteiger charge is 2.00. The zero-order valence-electron chi connectivity index (χ0n) is 11.5. The molecule has 4 nitrogen and oxygen atoms in total. The minimum Gasteiger partial charge on any atom is -0.259 e. The van der Waals surface area contributed by atoms with Gasteiger partial charge in [-0.3, -0.25) is 5.43 Å². The van der Waals surface area contributed by atoms with E-state index in [-0.39, 0.29) is 0 Å². The van der Waals surface area contributed by atoms with Crippen LogP contribution in [-0.2, 0) is 0 Å². The zero-order chi connectivity index (χ0) is 14.5. The van der Waals surface area contributed by atoms with E-state index in [1.165, 1.54) is 4.90 Å². The zero-order valence-corrected chi connectivity index (χ0v) is 12.3. The van der Waals surface area contributed by atoms with Crippen LogP contribution >= 0.6 is 11.8 Å². The molecule has 1 heterocycles. The highest BCUT2D eigenvalue weighted by atomic mass is 32.2. The average molecular weight is 294 g/mol. The van der Waals surface area contributed by atoms with E-state index in [1.807, 2.05) is 36.4 Å². The molecule has 0 aliphatic carbocycles. The lowest BCUT2D eigenvalue weighted by atomic mass is 10.2. The van der Waals surface area contributed by atoms with E-state index in [0.717, 1.165) is 16.3 Å². The van der Waals surface area contributed by atoms with Crippen LogP contribution < -0.4 is 5.43 Å². The number of hydrazone groups is 1. The Hall–Kier alpha value is -2.40. The first-order valence-corrected chi connectivity index (χ1v) is 7.73. The molecule has 3 aromatic rings. The van der Waals surface area contributed by atoms with Crippen molar-refractivity contribution < 1.29 is 0 Å². The maximum Gasteiger partial charge on any atom is 0.176 e. The fraction of sp³-hybridized carbons (Fsp3) is 0.0625. The minimum absolute atomic E-state index is 0.657. The number of benzene rings is 2. The lowest BCUT2D eigenvalue weighted by Crippen LogP contribution is -1.96. The van der Waals surface area contributed by atoms with Gasteiger partial charge in [-0.25, -0.2) is 0 Å². The molecule has 0 saturated carbocycles. The van der Waals surface area contributed by atoms with Crippen LogP contribution in [0.2, 0.25) is 0 Å². The first kappa shape index (κ1) is 13.6. The van der Waals surface area contributed by atoms with Crippen molar-refractivity contribution in [3.63, 3.8) is 0 Å². The molecule has 5 heteroatoms. The molecule has 2 aromatic carbocycles. The first-order valence-electron chi connectivity index (χ1n) is 6.50. The summed E-state index contributed by atoms with van der Waals surface area (Å²) >= 11 is 1.72. The second kappa shape index (κ2) is 6.37. The number of nitrogens with zero attached hydrogens (tertiary/aromatic N) is 3. The van der Waals surface area contributed by atoms with Crippen LogP contribution in [0.1, 0.15) is 5.56 Å². The fourth-order valence-electron chi connectivity index (χ4n) is 1.97.